The van der Waals surface area contributed by atoms with Crippen LogP contribution in [0.25, 0.3) is 22.3 Å². The highest BCUT2D eigenvalue weighted by atomic mass is 19.1. The largest absolute Gasteiger partial charge is 0.380 e. The van der Waals surface area contributed by atoms with Gasteiger partial charge in [-0.3, -0.25) is 4.79 Å². The van der Waals surface area contributed by atoms with E-state index < -0.39 is 11.9 Å². The van der Waals surface area contributed by atoms with Crippen molar-refractivity contribution in [3.05, 3.63) is 61.7 Å². The number of aliphatic hydroxyl groups is 2. The third kappa shape index (κ3) is 2.12. The molecule has 4 heterocycles. The van der Waals surface area contributed by atoms with E-state index in [-0.39, 0.29) is 18.0 Å². The number of aryl methyl sites for hydroxylation is 2. The van der Waals surface area contributed by atoms with Gasteiger partial charge in [-0.2, -0.15) is 0 Å². The zero-order valence-electron chi connectivity index (χ0n) is 16.8. The second-order valence-corrected chi connectivity index (χ2v) is 8.75. The number of hydrogen-bond donors (Lipinski definition) is 2. The Hall–Kier alpha value is -2.61. The highest BCUT2D eigenvalue weighted by Crippen LogP contribution is 2.42. The van der Waals surface area contributed by atoms with Crippen molar-refractivity contribution in [2.24, 2.45) is 0 Å². The number of nitrogens with zero attached hydrogens (tertiary/aromatic N) is 2. The Morgan fingerprint density at radius 1 is 1.23 bits per heavy atom. The molecule has 0 fully saturated rings. The van der Waals surface area contributed by atoms with Gasteiger partial charge in [-0.1, -0.05) is 0 Å². The number of aliphatic hydroxyl groups excluding tert-OH is 1. The maximum absolute atomic E-state index is 14.6. The van der Waals surface area contributed by atoms with E-state index in [4.69, 9.17) is 9.72 Å². The van der Waals surface area contributed by atoms with Crippen LogP contribution in [0.1, 0.15) is 46.7 Å². The fraction of sp³-hybridized carbons (Fsp3) is 0.391. The first kappa shape index (κ1) is 18.2. The van der Waals surface area contributed by atoms with Gasteiger partial charge in [0.1, 0.15) is 11.4 Å². The van der Waals surface area contributed by atoms with Gasteiger partial charge in [0.2, 0.25) is 0 Å². The van der Waals surface area contributed by atoms with Crippen molar-refractivity contribution in [1.82, 2.24) is 9.55 Å². The lowest BCUT2D eigenvalue weighted by molar-refractivity contribution is -0.228. The Bertz CT molecular complexity index is 1340. The lowest BCUT2D eigenvalue weighted by atomic mass is 9.84. The van der Waals surface area contributed by atoms with Crippen molar-refractivity contribution in [3.63, 3.8) is 0 Å². The molecule has 0 saturated carbocycles. The van der Waals surface area contributed by atoms with Gasteiger partial charge in [0.05, 0.1) is 30.1 Å². The van der Waals surface area contributed by atoms with Crippen LogP contribution in [-0.4, -0.2) is 26.1 Å². The van der Waals surface area contributed by atoms with Gasteiger partial charge in [0.25, 0.3) is 5.56 Å². The molecule has 1 unspecified atom stereocenters. The lowest BCUT2D eigenvalue weighted by Gasteiger charge is -2.35. The molecule has 1 aromatic carbocycles. The maximum Gasteiger partial charge on any atom is 0.257 e. The number of aromatic nitrogens is 2. The van der Waals surface area contributed by atoms with Crippen molar-refractivity contribution in [2.45, 2.75) is 58.2 Å². The molecule has 154 valence electrons. The molecule has 0 bridgehead atoms. The number of benzene rings is 1. The smallest absolute Gasteiger partial charge is 0.257 e. The molecule has 1 aliphatic carbocycles. The first-order valence-corrected chi connectivity index (χ1v) is 10.2. The SMILES string of the molecule is Cc1c(F)cc2nc3c(c4c2c1CCC4)Cn1c-3cc2c(c1=O)COC(O)[C@@]2(C)O. The number of halogens is 1. The van der Waals surface area contributed by atoms with Gasteiger partial charge in [-0.15, -0.1) is 0 Å². The summed E-state index contributed by atoms with van der Waals surface area (Å²) in [4.78, 5) is 18.0. The molecule has 30 heavy (non-hydrogen) atoms. The standard InChI is InChI=1S/C23H21FN2O4/c1-10-11-4-3-5-12-13-8-26-18(20(13)25-17(19(11)12)7-16(10)24)6-15-14(21(26)27)9-30-22(28)23(15,2)29/h6-7,22,28-29H,3-5,8-9H2,1-2H3/t22?,23-/m0/s1. The Balaban J connectivity index is 1.68. The summed E-state index contributed by atoms with van der Waals surface area (Å²) in [5.74, 6) is -0.262. The van der Waals surface area contributed by atoms with Gasteiger partial charge in [-0.05, 0) is 55.9 Å². The molecule has 0 radical (unpaired) electrons. The fourth-order valence-electron chi connectivity index (χ4n) is 5.36. The maximum atomic E-state index is 14.6. The Morgan fingerprint density at radius 2 is 2.00 bits per heavy atom. The van der Waals surface area contributed by atoms with E-state index in [9.17, 15) is 19.4 Å². The summed E-state index contributed by atoms with van der Waals surface area (Å²) in [6.45, 7) is 3.59. The average molecular weight is 408 g/mol. The Kier molecular flexibility index (Phi) is 3.49. The molecular formula is C23H21FN2O4. The highest BCUT2D eigenvalue weighted by Gasteiger charge is 2.42. The van der Waals surface area contributed by atoms with Crippen LogP contribution in [0.4, 0.5) is 4.39 Å². The Morgan fingerprint density at radius 3 is 2.80 bits per heavy atom. The zero-order valence-corrected chi connectivity index (χ0v) is 16.8. The predicted octanol–water partition coefficient (Wildman–Crippen LogP) is 2.42. The van der Waals surface area contributed by atoms with E-state index in [1.54, 1.807) is 10.6 Å². The molecule has 0 spiro atoms. The van der Waals surface area contributed by atoms with Crippen molar-refractivity contribution in [3.8, 4) is 11.4 Å². The molecule has 0 amide bonds. The van der Waals surface area contributed by atoms with Gasteiger partial charge >= 0.3 is 0 Å². The van der Waals surface area contributed by atoms with E-state index in [1.807, 2.05) is 6.92 Å². The quantitative estimate of drug-likeness (QED) is 0.467. The molecular weight excluding hydrogens is 387 g/mol. The minimum absolute atomic E-state index is 0.0566. The van der Waals surface area contributed by atoms with E-state index >= 15 is 0 Å². The molecule has 7 heteroatoms. The summed E-state index contributed by atoms with van der Waals surface area (Å²) in [7, 11) is 0. The van der Waals surface area contributed by atoms with Crippen molar-refractivity contribution in [1.29, 1.82) is 0 Å². The molecule has 2 aliphatic heterocycles. The summed E-state index contributed by atoms with van der Waals surface area (Å²) in [5.41, 5.74) is 4.45. The Labute approximate surface area is 171 Å². The minimum atomic E-state index is -1.70. The molecule has 3 aliphatic rings. The van der Waals surface area contributed by atoms with Crippen molar-refractivity contribution < 1.29 is 19.3 Å². The second kappa shape index (κ2) is 5.75. The van der Waals surface area contributed by atoms with Crippen LogP contribution in [0, 0.1) is 12.7 Å². The molecule has 0 saturated heterocycles. The van der Waals surface area contributed by atoms with Gasteiger partial charge < -0.3 is 19.5 Å². The van der Waals surface area contributed by atoms with Crippen molar-refractivity contribution >= 4 is 10.9 Å². The van der Waals surface area contributed by atoms with Crippen LogP contribution in [0.5, 0.6) is 0 Å². The number of fused-ring (bicyclic) bond motifs is 5. The topological polar surface area (TPSA) is 84.6 Å². The van der Waals surface area contributed by atoms with Gasteiger partial charge in [-0.25, -0.2) is 9.37 Å². The van der Waals surface area contributed by atoms with Crippen LogP contribution >= 0.6 is 0 Å². The minimum Gasteiger partial charge on any atom is -0.380 e. The molecule has 6 nitrogen and oxygen atoms in total. The number of hydrogen-bond acceptors (Lipinski definition) is 5. The average Bonchev–Trinajstić information content (AvgIpc) is 3.09. The monoisotopic (exact) mass is 408 g/mol. The van der Waals surface area contributed by atoms with Crippen LogP contribution in [0.2, 0.25) is 0 Å². The van der Waals surface area contributed by atoms with Crippen LogP contribution in [0.15, 0.2) is 16.9 Å². The van der Waals surface area contributed by atoms with Crippen LogP contribution < -0.4 is 5.56 Å². The second-order valence-electron chi connectivity index (χ2n) is 8.75. The molecule has 2 N–H and O–H groups in total. The van der Waals surface area contributed by atoms with Gasteiger partial charge in [0.15, 0.2) is 6.29 Å². The molecule has 2 atom stereocenters. The normalized spacial score (nSPS) is 24.0. The first-order valence-electron chi connectivity index (χ1n) is 10.2. The summed E-state index contributed by atoms with van der Waals surface area (Å²) in [6.07, 6.45) is 1.20. The number of pyridine rings is 2. The van der Waals surface area contributed by atoms with Crippen LogP contribution in [-0.2, 0) is 36.3 Å². The summed E-state index contributed by atoms with van der Waals surface area (Å²) >= 11 is 0. The molecule has 2 aromatic heterocycles. The zero-order chi connectivity index (χ0) is 20.9. The first-order chi connectivity index (χ1) is 14.3. The van der Waals surface area contributed by atoms with Crippen LogP contribution in [0.3, 0.4) is 0 Å². The van der Waals surface area contributed by atoms with Crippen molar-refractivity contribution in [2.75, 3.05) is 0 Å². The van der Waals surface area contributed by atoms with Gasteiger partial charge in [0, 0.05) is 28.1 Å². The summed E-state index contributed by atoms with van der Waals surface area (Å²) in [6, 6.07) is 3.21. The molecule has 6 rings (SSSR count). The molecule has 3 aromatic rings. The number of ether oxygens (including phenoxy) is 1. The summed E-state index contributed by atoms with van der Waals surface area (Å²) < 4.78 is 21.4. The van der Waals surface area contributed by atoms with E-state index in [0.717, 1.165) is 41.3 Å². The van der Waals surface area contributed by atoms with E-state index in [1.165, 1.54) is 13.0 Å². The van der Waals surface area contributed by atoms with E-state index in [2.05, 4.69) is 0 Å². The predicted molar refractivity (Wildman–Crippen MR) is 108 cm³/mol. The van der Waals surface area contributed by atoms with E-state index in [0.29, 0.717) is 40.1 Å². The summed E-state index contributed by atoms with van der Waals surface area (Å²) in [5, 5.41) is 21.9. The highest BCUT2D eigenvalue weighted by molar-refractivity contribution is 5.92. The fourth-order valence-corrected chi connectivity index (χ4v) is 5.36. The third-order valence-electron chi connectivity index (χ3n) is 7.04. The third-order valence-corrected chi connectivity index (χ3v) is 7.04. The lowest BCUT2D eigenvalue weighted by Crippen LogP contribution is -2.45. The number of rotatable bonds is 0.